The molecular weight excluding hydrogens is 344 g/mol. The van der Waals surface area contributed by atoms with Crippen LogP contribution < -0.4 is 5.32 Å². The first-order valence-electron chi connectivity index (χ1n) is 7.18. The number of ether oxygens (including phenoxy) is 1. The largest absolute Gasteiger partial charge is 0.462 e. The van der Waals surface area contributed by atoms with Crippen molar-refractivity contribution in [3.8, 4) is 6.07 Å². The molecule has 2 rings (SSSR count). The number of aryl methyl sites for hydroxylation is 1. The zero-order valence-electron chi connectivity index (χ0n) is 13.3. The topological polar surface area (TPSA) is 87.9 Å². The van der Waals surface area contributed by atoms with E-state index in [1.54, 1.807) is 24.8 Å². The summed E-state index contributed by atoms with van der Waals surface area (Å²) in [6.07, 6.45) is 1.28. The Morgan fingerprint density at radius 1 is 1.42 bits per heavy atom. The second kappa shape index (κ2) is 9.05. The lowest BCUT2D eigenvalue weighted by atomic mass is 10.2. The van der Waals surface area contributed by atoms with Gasteiger partial charge in [0.15, 0.2) is 9.91 Å². The van der Waals surface area contributed by atoms with Crippen LogP contribution in [0.5, 0.6) is 0 Å². The van der Waals surface area contributed by atoms with Crippen molar-refractivity contribution in [1.29, 1.82) is 5.26 Å². The van der Waals surface area contributed by atoms with Gasteiger partial charge in [-0.3, -0.25) is 0 Å². The van der Waals surface area contributed by atoms with E-state index < -0.39 is 5.97 Å². The number of carbonyl (C=O) groups excluding carboxylic acids is 1. The van der Waals surface area contributed by atoms with Crippen molar-refractivity contribution in [2.75, 3.05) is 11.9 Å². The number of hydrogen-bond acceptors (Lipinski definition) is 8. The van der Waals surface area contributed by atoms with E-state index in [-0.39, 0.29) is 12.2 Å². The lowest BCUT2D eigenvalue weighted by Gasteiger charge is -1.99. The van der Waals surface area contributed by atoms with E-state index in [1.165, 1.54) is 28.7 Å². The molecule has 2 aromatic rings. The van der Waals surface area contributed by atoms with Gasteiger partial charge in [0.1, 0.15) is 6.07 Å². The van der Waals surface area contributed by atoms with E-state index in [4.69, 9.17) is 10.00 Å². The maximum absolute atomic E-state index is 11.5. The third-order valence-corrected chi connectivity index (χ3v) is 4.90. The molecule has 0 bridgehead atoms. The van der Waals surface area contributed by atoms with Crippen LogP contribution in [0.25, 0.3) is 0 Å². The van der Waals surface area contributed by atoms with Crippen molar-refractivity contribution in [3.63, 3.8) is 0 Å². The van der Waals surface area contributed by atoms with Crippen LogP contribution in [-0.2, 0) is 15.3 Å². The zero-order valence-corrected chi connectivity index (χ0v) is 14.9. The molecule has 0 radical (unpaired) electrons. The van der Waals surface area contributed by atoms with E-state index >= 15 is 0 Å². The van der Waals surface area contributed by atoms with Gasteiger partial charge < -0.3 is 10.1 Å². The molecular formula is C16H16N4O2S2. The number of benzene rings is 1. The van der Waals surface area contributed by atoms with Gasteiger partial charge in [-0.05, 0) is 19.4 Å². The molecule has 1 aromatic heterocycles. The van der Waals surface area contributed by atoms with Crippen molar-refractivity contribution in [1.82, 2.24) is 10.2 Å². The number of aromatic nitrogens is 2. The molecule has 0 amide bonds. The standard InChI is InChI=1S/C16H16N4O2S2/c1-3-22-14(21)13(8-17)9-18-15-19-20-16(24-15)23-10-12-6-4-11(2)5-7-12/h4-7,9H,3,10H2,1-2H3,(H,18,19)/b13-9+. The molecule has 124 valence electrons. The fourth-order valence-corrected chi connectivity index (χ4v) is 3.31. The minimum Gasteiger partial charge on any atom is -0.462 e. The Hall–Kier alpha value is -2.37. The van der Waals surface area contributed by atoms with Gasteiger partial charge in [0.2, 0.25) is 5.13 Å². The highest BCUT2D eigenvalue weighted by molar-refractivity contribution is 8.00. The molecule has 0 atom stereocenters. The van der Waals surface area contributed by atoms with Crippen molar-refractivity contribution >= 4 is 34.2 Å². The molecule has 0 saturated carbocycles. The Morgan fingerprint density at radius 3 is 2.83 bits per heavy atom. The van der Waals surface area contributed by atoms with Gasteiger partial charge in [-0.25, -0.2) is 4.79 Å². The summed E-state index contributed by atoms with van der Waals surface area (Å²) in [6.45, 7) is 3.96. The molecule has 0 fully saturated rings. The minimum atomic E-state index is -0.661. The molecule has 0 unspecified atom stereocenters. The van der Waals surface area contributed by atoms with E-state index in [2.05, 4.69) is 46.7 Å². The summed E-state index contributed by atoms with van der Waals surface area (Å²) in [5.41, 5.74) is 2.33. The third kappa shape index (κ3) is 5.37. The number of thioether (sulfide) groups is 1. The highest BCUT2D eigenvalue weighted by Crippen LogP contribution is 2.28. The van der Waals surface area contributed by atoms with Gasteiger partial charge in [0.25, 0.3) is 0 Å². The van der Waals surface area contributed by atoms with Gasteiger partial charge in [0, 0.05) is 12.0 Å². The van der Waals surface area contributed by atoms with E-state index in [9.17, 15) is 4.79 Å². The molecule has 1 N–H and O–H groups in total. The van der Waals surface area contributed by atoms with Gasteiger partial charge in [-0.2, -0.15) is 5.26 Å². The molecule has 0 spiro atoms. The number of nitrogens with zero attached hydrogens (tertiary/aromatic N) is 3. The van der Waals surface area contributed by atoms with Crippen LogP contribution >= 0.6 is 23.1 Å². The lowest BCUT2D eigenvalue weighted by molar-refractivity contribution is -0.138. The molecule has 0 aliphatic heterocycles. The molecule has 0 saturated heterocycles. The van der Waals surface area contributed by atoms with E-state index in [0.717, 1.165) is 10.1 Å². The van der Waals surface area contributed by atoms with Crippen LogP contribution in [0, 0.1) is 18.3 Å². The Labute approximate surface area is 148 Å². The van der Waals surface area contributed by atoms with E-state index in [1.807, 2.05) is 0 Å². The van der Waals surface area contributed by atoms with Crippen LogP contribution in [0.1, 0.15) is 18.1 Å². The number of rotatable bonds is 7. The third-order valence-electron chi connectivity index (χ3n) is 2.85. The molecule has 1 aromatic carbocycles. The SMILES string of the molecule is CCOC(=O)/C(C#N)=C/Nc1nnc(SCc2ccc(C)cc2)s1. The van der Waals surface area contributed by atoms with Crippen LogP contribution in [0.15, 0.2) is 40.4 Å². The summed E-state index contributed by atoms with van der Waals surface area (Å²) in [5, 5.41) is 20.3. The van der Waals surface area contributed by atoms with Gasteiger partial charge in [-0.1, -0.05) is 52.9 Å². The van der Waals surface area contributed by atoms with Gasteiger partial charge in [-0.15, -0.1) is 10.2 Å². The van der Waals surface area contributed by atoms with Gasteiger partial charge >= 0.3 is 5.97 Å². The highest BCUT2D eigenvalue weighted by Gasteiger charge is 2.10. The maximum atomic E-state index is 11.5. The lowest BCUT2D eigenvalue weighted by Crippen LogP contribution is -2.07. The second-order valence-corrected chi connectivity index (χ2v) is 6.88. The summed E-state index contributed by atoms with van der Waals surface area (Å²) in [4.78, 5) is 11.5. The smallest absolute Gasteiger partial charge is 0.350 e. The number of nitriles is 1. The van der Waals surface area contributed by atoms with E-state index in [0.29, 0.717) is 5.13 Å². The van der Waals surface area contributed by atoms with Crippen molar-refractivity contribution in [3.05, 3.63) is 47.2 Å². The number of nitrogens with one attached hydrogen (secondary N) is 1. The summed E-state index contributed by atoms with van der Waals surface area (Å²) in [7, 11) is 0. The van der Waals surface area contributed by atoms with Crippen molar-refractivity contribution in [2.24, 2.45) is 0 Å². The Balaban J connectivity index is 1.91. The number of esters is 1. The monoisotopic (exact) mass is 360 g/mol. The van der Waals surface area contributed by atoms with Crippen LogP contribution in [0.3, 0.4) is 0 Å². The molecule has 0 aliphatic rings. The molecule has 1 heterocycles. The molecule has 0 aliphatic carbocycles. The summed E-state index contributed by atoms with van der Waals surface area (Å²) in [6, 6.07) is 10.1. The summed E-state index contributed by atoms with van der Waals surface area (Å²) >= 11 is 2.94. The first-order chi connectivity index (χ1) is 11.6. The summed E-state index contributed by atoms with van der Waals surface area (Å²) in [5.74, 6) is 0.141. The molecule has 6 nitrogen and oxygen atoms in total. The normalized spacial score (nSPS) is 11.0. The molecule has 8 heteroatoms. The number of anilines is 1. The predicted octanol–water partition coefficient (Wildman–Crippen LogP) is 3.52. The molecule has 24 heavy (non-hydrogen) atoms. The summed E-state index contributed by atoms with van der Waals surface area (Å²) < 4.78 is 5.58. The second-order valence-electron chi connectivity index (χ2n) is 4.68. The fourth-order valence-electron chi connectivity index (χ4n) is 1.64. The van der Waals surface area contributed by atoms with Gasteiger partial charge in [0.05, 0.1) is 6.61 Å². The quantitative estimate of drug-likeness (QED) is 0.350. The van der Waals surface area contributed by atoms with Crippen molar-refractivity contribution < 1.29 is 9.53 Å². The Bertz CT molecular complexity index is 763. The van der Waals surface area contributed by atoms with Crippen LogP contribution in [0.4, 0.5) is 5.13 Å². The Kier molecular flexibility index (Phi) is 6.78. The first kappa shape index (κ1) is 18.0. The zero-order chi connectivity index (χ0) is 17.4. The number of carbonyl (C=O) groups is 1. The van der Waals surface area contributed by atoms with Crippen LogP contribution in [-0.4, -0.2) is 22.8 Å². The Morgan fingerprint density at radius 2 is 2.17 bits per heavy atom. The predicted molar refractivity (Wildman–Crippen MR) is 94.6 cm³/mol. The highest BCUT2D eigenvalue weighted by atomic mass is 32.2. The van der Waals surface area contributed by atoms with Crippen molar-refractivity contribution in [2.45, 2.75) is 23.9 Å². The average Bonchev–Trinajstić information content (AvgIpc) is 3.03. The number of hydrogen-bond donors (Lipinski definition) is 1. The van der Waals surface area contributed by atoms with Crippen LogP contribution in [0.2, 0.25) is 0 Å². The fraction of sp³-hybridized carbons (Fsp3) is 0.250. The minimum absolute atomic E-state index is 0.110. The maximum Gasteiger partial charge on any atom is 0.350 e. The average molecular weight is 360 g/mol. The first-order valence-corrected chi connectivity index (χ1v) is 8.98.